The van der Waals surface area contributed by atoms with E-state index in [1.165, 1.54) is 102 Å². The summed E-state index contributed by atoms with van der Waals surface area (Å²) in [6.45, 7) is 4.00. The van der Waals surface area contributed by atoms with Crippen LogP contribution in [0.1, 0.15) is 115 Å². The Morgan fingerprint density at radius 1 is 0.667 bits per heavy atom. The van der Waals surface area contributed by atoms with Crippen molar-refractivity contribution in [1.82, 2.24) is 0 Å². The summed E-state index contributed by atoms with van der Waals surface area (Å²) >= 11 is 0. The highest BCUT2D eigenvalue weighted by Crippen LogP contribution is 2.14. The Morgan fingerprint density at radius 2 is 1.13 bits per heavy atom. The average molecular weight is 419 g/mol. The molecule has 1 aromatic rings. The van der Waals surface area contributed by atoms with Crippen LogP contribution in [0.4, 0.5) is 0 Å². The van der Waals surface area contributed by atoms with E-state index in [4.69, 9.17) is 4.74 Å². The van der Waals surface area contributed by atoms with Gasteiger partial charge in [-0.1, -0.05) is 134 Å². The van der Waals surface area contributed by atoms with Crippen LogP contribution in [0, 0.1) is 5.92 Å². The van der Waals surface area contributed by atoms with E-state index in [1.54, 1.807) is 0 Å². The lowest BCUT2D eigenvalue weighted by atomic mass is 10.0. The third-order valence-corrected chi connectivity index (χ3v) is 6.12. The molecular formula is C28H50O2. The first kappa shape index (κ1) is 27.2. The van der Waals surface area contributed by atoms with Crippen LogP contribution < -0.4 is 0 Å². The molecule has 1 atom stereocenters. The monoisotopic (exact) mass is 418 g/mol. The molecule has 0 aromatic heterocycles. The molecule has 0 radical (unpaired) electrons. The second-order valence-electron chi connectivity index (χ2n) is 9.12. The maximum absolute atomic E-state index is 9.55. The summed E-state index contributed by atoms with van der Waals surface area (Å²) in [5.41, 5.74) is 1.28. The van der Waals surface area contributed by atoms with E-state index >= 15 is 0 Å². The maximum Gasteiger partial charge on any atom is 0.0519 e. The van der Waals surface area contributed by atoms with E-state index in [2.05, 4.69) is 31.2 Å². The number of aliphatic hydroxyl groups is 1. The van der Waals surface area contributed by atoms with E-state index in [1.807, 2.05) is 6.07 Å². The van der Waals surface area contributed by atoms with E-state index in [0.29, 0.717) is 6.61 Å². The van der Waals surface area contributed by atoms with Gasteiger partial charge in [-0.2, -0.15) is 0 Å². The van der Waals surface area contributed by atoms with Gasteiger partial charge in [0.25, 0.3) is 0 Å². The lowest BCUT2D eigenvalue weighted by molar-refractivity contribution is 0.0706. The molecule has 2 heteroatoms. The van der Waals surface area contributed by atoms with Gasteiger partial charge in [0.2, 0.25) is 0 Å². The molecule has 174 valence electrons. The molecule has 2 nitrogen and oxygen atoms in total. The number of ether oxygens (including phenoxy) is 1. The van der Waals surface area contributed by atoms with Crippen molar-refractivity contribution in [3.05, 3.63) is 35.9 Å². The van der Waals surface area contributed by atoms with Crippen LogP contribution in [-0.4, -0.2) is 24.9 Å². The number of benzene rings is 1. The minimum atomic E-state index is 0.202. The van der Waals surface area contributed by atoms with Crippen molar-refractivity contribution in [2.45, 2.75) is 116 Å². The number of unbranched alkanes of at least 4 members (excludes halogenated alkanes) is 15. The summed E-state index contributed by atoms with van der Waals surface area (Å²) in [7, 11) is 0. The zero-order chi connectivity index (χ0) is 21.5. The number of rotatable bonds is 22. The van der Waals surface area contributed by atoms with Crippen LogP contribution in [0.2, 0.25) is 0 Å². The molecule has 0 fully saturated rings. The first-order valence-electron chi connectivity index (χ1n) is 13.1. The quantitative estimate of drug-likeness (QED) is 0.193. The fraction of sp³-hybridized carbons (Fsp3) is 0.786. The normalized spacial score (nSPS) is 12.3. The Kier molecular flexibility index (Phi) is 19.4. The van der Waals surface area contributed by atoms with Crippen molar-refractivity contribution < 1.29 is 9.84 Å². The molecule has 0 aliphatic rings. The maximum atomic E-state index is 9.55. The predicted octanol–water partition coefficient (Wildman–Crippen LogP) is 8.12. The highest BCUT2D eigenvalue weighted by Gasteiger charge is 2.08. The summed E-state index contributed by atoms with van der Waals surface area (Å²) < 4.78 is 5.82. The third-order valence-electron chi connectivity index (χ3n) is 6.12. The zero-order valence-electron chi connectivity index (χ0n) is 20.0. The van der Waals surface area contributed by atoms with Gasteiger partial charge in [-0.3, -0.25) is 0 Å². The molecule has 0 heterocycles. The lowest BCUT2D eigenvalue weighted by Crippen LogP contribution is -2.17. The van der Waals surface area contributed by atoms with E-state index in [9.17, 15) is 5.11 Å². The molecule has 1 unspecified atom stereocenters. The summed E-state index contributed by atoms with van der Waals surface area (Å²) in [4.78, 5) is 0. The fourth-order valence-electron chi connectivity index (χ4n) is 4.13. The first-order valence-corrected chi connectivity index (χ1v) is 13.1. The Bertz CT molecular complexity index is 445. The van der Waals surface area contributed by atoms with E-state index in [0.717, 1.165) is 19.4 Å². The number of aliphatic hydroxyl groups excluding tert-OH is 1. The van der Waals surface area contributed by atoms with Crippen LogP contribution in [0.3, 0.4) is 0 Å². The van der Waals surface area contributed by atoms with Gasteiger partial charge in [-0.15, -0.1) is 0 Å². The minimum absolute atomic E-state index is 0.202. The van der Waals surface area contributed by atoms with Crippen LogP contribution in [0.5, 0.6) is 0 Å². The zero-order valence-corrected chi connectivity index (χ0v) is 20.0. The second-order valence-corrected chi connectivity index (χ2v) is 9.12. The topological polar surface area (TPSA) is 29.5 Å². The molecule has 1 N–H and O–H groups in total. The fourth-order valence-corrected chi connectivity index (χ4v) is 4.13. The van der Waals surface area contributed by atoms with Crippen molar-refractivity contribution in [2.75, 3.05) is 19.8 Å². The summed E-state index contributed by atoms with van der Waals surface area (Å²) in [6.07, 6.45) is 23.2. The molecule has 0 spiro atoms. The van der Waals surface area contributed by atoms with Gasteiger partial charge >= 0.3 is 0 Å². The lowest BCUT2D eigenvalue weighted by Gasteiger charge is -2.14. The van der Waals surface area contributed by atoms with Gasteiger partial charge in [0.05, 0.1) is 6.61 Å². The Hall–Kier alpha value is -0.860. The minimum Gasteiger partial charge on any atom is -0.396 e. The molecule has 0 aliphatic heterocycles. The van der Waals surface area contributed by atoms with Gasteiger partial charge in [0.1, 0.15) is 0 Å². The van der Waals surface area contributed by atoms with E-state index < -0.39 is 0 Å². The van der Waals surface area contributed by atoms with Crippen LogP contribution in [-0.2, 0) is 11.2 Å². The van der Waals surface area contributed by atoms with Crippen molar-refractivity contribution in [2.24, 2.45) is 5.92 Å². The summed E-state index contributed by atoms with van der Waals surface area (Å²) in [6, 6.07) is 10.4. The first-order chi connectivity index (χ1) is 14.9. The molecular weight excluding hydrogens is 368 g/mol. The molecule has 1 aromatic carbocycles. The molecule has 0 saturated heterocycles. The smallest absolute Gasteiger partial charge is 0.0519 e. The van der Waals surface area contributed by atoms with Gasteiger partial charge in [0.15, 0.2) is 0 Å². The SMILES string of the molecule is CCCCCCCCCCCCCCCCCCOCC(CO)Cc1ccccc1. The molecule has 30 heavy (non-hydrogen) atoms. The van der Waals surface area contributed by atoms with Crippen molar-refractivity contribution >= 4 is 0 Å². The highest BCUT2D eigenvalue weighted by atomic mass is 16.5. The van der Waals surface area contributed by atoms with Crippen LogP contribution >= 0.6 is 0 Å². The number of hydrogen-bond acceptors (Lipinski definition) is 2. The Morgan fingerprint density at radius 3 is 1.60 bits per heavy atom. The highest BCUT2D eigenvalue weighted by molar-refractivity contribution is 5.15. The van der Waals surface area contributed by atoms with Gasteiger partial charge < -0.3 is 9.84 Å². The van der Waals surface area contributed by atoms with Crippen LogP contribution in [0.25, 0.3) is 0 Å². The second kappa shape index (κ2) is 21.4. The third kappa shape index (κ3) is 16.9. The van der Waals surface area contributed by atoms with Gasteiger partial charge in [-0.25, -0.2) is 0 Å². The van der Waals surface area contributed by atoms with Crippen LogP contribution in [0.15, 0.2) is 30.3 Å². The Balaban J connectivity index is 1.78. The average Bonchev–Trinajstić information content (AvgIpc) is 2.78. The standard InChI is InChI=1S/C28H50O2/c1-2-3-4-5-6-7-8-9-10-11-12-13-14-15-16-20-23-30-26-28(25-29)24-27-21-18-17-19-22-27/h17-19,21-22,28-29H,2-16,20,23-26H2,1H3. The molecule has 1 rings (SSSR count). The summed E-state index contributed by atoms with van der Waals surface area (Å²) in [5.74, 6) is 0.216. The Labute approximate surface area is 187 Å². The van der Waals surface area contributed by atoms with Gasteiger partial charge in [0, 0.05) is 19.1 Å². The molecule has 0 bridgehead atoms. The van der Waals surface area contributed by atoms with E-state index in [-0.39, 0.29) is 12.5 Å². The molecule has 0 amide bonds. The predicted molar refractivity (Wildman–Crippen MR) is 131 cm³/mol. The van der Waals surface area contributed by atoms with Crippen molar-refractivity contribution in [3.8, 4) is 0 Å². The molecule has 0 aliphatic carbocycles. The summed E-state index contributed by atoms with van der Waals surface area (Å²) in [5, 5.41) is 9.55. The molecule has 0 saturated carbocycles. The van der Waals surface area contributed by atoms with Crippen molar-refractivity contribution in [3.63, 3.8) is 0 Å². The number of hydrogen-bond donors (Lipinski definition) is 1. The van der Waals surface area contributed by atoms with Crippen molar-refractivity contribution in [1.29, 1.82) is 0 Å². The largest absolute Gasteiger partial charge is 0.396 e. The van der Waals surface area contributed by atoms with Gasteiger partial charge in [-0.05, 0) is 18.4 Å².